The summed E-state index contributed by atoms with van der Waals surface area (Å²) in [4.78, 5) is 11.9. The number of carbonyl (C=O) groups is 1. The summed E-state index contributed by atoms with van der Waals surface area (Å²) in [6.07, 6.45) is 2.52. The second-order valence-corrected chi connectivity index (χ2v) is 4.86. The zero-order valence-electron chi connectivity index (χ0n) is 11.4. The summed E-state index contributed by atoms with van der Waals surface area (Å²) >= 11 is 0. The van der Waals surface area contributed by atoms with Crippen molar-refractivity contribution < 1.29 is 4.79 Å². The maximum absolute atomic E-state index is 11.9. The molecule has 0 bridgehead atoms. The van der Waals surface area contributed by atoms with E-state index in [2.05, 4.69) is 24.4 Å². The summed E-state index contributed by atoms with van der Waals surface area (Å²) in [5, 5.41) is 3.10. The van der Waals surface area contributed by atoms with Crippen molar-refractivity contribution in [3.8, 4) is 0 Å². The Hall–Kier alpha value is -1.35. The molecular weight excluding hydrogens is 224 g/mol. The fourth-order valence-electron chi connectivity index (χ4n) is 1.95. The van der Waals surface area contributed by atoms with Crippen molar-refractivity contribution in [2.75, 3.05) is 6.54 Å². The van der Waals surface area contributed by atoms with Gasteiger partial charge in [-0.25, -0.2) is 0 Å². The average molecular weight is 248 g/mol. The number of benzene rings is 1. The lowest BCUT2D eigenvalue weighted by Gasteiger charge is -2.19. The third-order valence-electron chi connectivity index (χ3n) is 3.05. The molecule has 1 aromatic rings. The molecule has 0 heterocycles. The van der Waals surface area contributed by atoms with Crippen LogP contribution in [-0.2, 0) is 4.79 Å². The van der Waals surface area contributed by atoms with Crippen molar-refractivity contribution in [3.05, 3.63) is 35.9 Å². The van der Waals surface area contributed by atoms with Crippen LogP contribution in [0.15, 0.2) is 30.3 Å². The summed E-state index contributed by atoms with van der Waals surface area (Å²) in [7, 11) is 0. The Morgan fingerprint density at radius 3 is 2.56 bits per heavy atom. The van der Waals surface area contributed by atoms with Gasteiger partial charge in [0.25, 0.3) is 0 Å². The number of amides is 1. The van der Waals surface area contributed by atoms with Crippen LogP contribution >= 0.6 is 0 Å². The molecule has 1 rings (SSSR count). The van der Waals surface area contributed by atoms with Crippen molar-refractivity contribution in [1.29, 1.82) is 0 Å². The highest BCUT2D eigenvalue weighted by Gasteiger charge is 2.14. The minimum Gasteiger partial charge on any atom is -0.349 e. The average Bonchev–Trinajstić information content (AvgIpc) is 2.39. The van der Waals surface area contributed by atoms with Crippen molar-refractivity contribution in [2.45, 2.75) is 39.2 Å². The predicted molar refractivity (Wildman–Crippen MR) is 75.1 cm³/mol. The molecule has 0 spiro atoms. The van der Waals surface area contributed by atoms with Gasteiger partial charge in [0, 0.05) is 6.42 Å². The number of nitrogens with two attached hydrogens (primary N) is 1. The molecule has 1 amide bonds. The molecule has 3 heteroatoms. The molecule has 0 saturated heterocycles. The number of nitrogens with one attached hydrogen (secondary N) is 1. The molecular formula is C15H24N2O. The van der Waals surface area contributed by atoms with E-state index in [1.165, 1.54) is 5.56 Å². The van der Waals surface area contributed by atoms with Gasteiger partial charge in [0.05, 0.1) is 6.04 Å². The van der Waals surface area contributed by atoms with E-state index >= 15 is 0 Å². The van der Waals surface area contributed by atoms with Crippen LogP contribution in [-0.4, -0.2) is 12.5 Å². The molecule has 0 aliphatic heterocycles. The summed E-state index contributed by atoms with van der Waals surface area (Å²) in [5.41, 5.74) is 6.72. The Kier molecular flexibility index (Phi) is 6.44. The van der Waals surface area contributed by atoms with Crippen LogP contribution in [0.3, 0.4) is 0 Å². The van der Waals surface area contributed by atoms with Gasteiger partial charge < -0.3 is 11.1 Å². The fourth-order valence-corrected chi connectivity index (χ4v) is 1.95. The quantitative estimate of drug-likeness (QED) is 0.779. The predicted octanol–water partition coefficient (Wildman–Crippen LogP) is 2.63. The number of hydrogen-bond acceptors (Lipinski definition) is 2. The molecule has 3 nitrogen and oxygen atoms in total. The van der Waals surface area contributed by atoms with Gasteiger partial charge in [-0.1, -0.05) is 50.6 Å². The first-order chi connectivity index (χ1) is 8.67. The van der Waals surface area contributed by atoms with Crippen LogP contribution in [0.1, 0.15) is 44.7 Å². The third-order valence-corrected chi connectivity index (χ3v) is 3.05. The van der Waals surface area contributed by atoms with E-state index in [1.807, 2.05) is 25.1 Å². The lowest BCUT2D eigenvalue weighted by molar-refractivity contribution is -0.122. The number of hydrogen-bond donors (Lipinski definition) is 2. The van der Waals surface area contributed by atoms with Gasteiger partial charge in [0.1, 0.15) is 0 Å². The molecule has 0 fully saturated rings. The smallest absolute Gasteiger partial charge is 0.220 e. The summed E-state index contributed by atoms with van der Waals surface area (Å²) < 4.78 is 0. The van der Waals surface area contributed by atoms with Crippen LogP contribution in [0.5, 0.6) is 0 Å². The van der Waals surface area contributed by atoms with Gasteiger partial charge in [-0.3, -0.25) is 4.79 Å². The van der Waals surface area contributed by atoms with E-state index in [-0.39, 0.29) is 17.9 Å². The van der Waals surface area contributed by atoms with Crippen molar-refractivity contribution in [1.82, 2.24) is 5.32 Å². The van der Waals surface area contributed by atoms with Crippen molar-refractivity contribution >= 4 is 5.91 Å². The van der Waals surface area contributed by atoms with Gasteiger partial charge in [-0.2, -0.15) is 0 Å². The largest absolute Gasteiger partial charge is 0.349 e. The zero-order chi connectivity index (χ0) is 13.4. The van der Waals surface area contributed by atoms with Crippen LogP contribution in [0.25, 0.3) is 0 Å². The molecule has 0 aliphatic rings. The first-order valence-corrected chi connectivity index (χ1v) is 6.71. The highest BCUT2D eigenvalue weighted by Crippen LogP contribution is 2.18. The first kappa shape index (κ1) is 14.7. The normalized spacial score (nSPS) is 13.9. The molecule has 1 aromatic carbocycles. The monoisotopic (exact) mass is 248 g/mol. The Morgan fingerprint density at radius 1 is 1.33 bits per heavy atom. The van der Waals surface area contributed by atoms with Gasteiger partial charge in [-0.15, -0.1) is 0 Å². The van der Waals surface area contributed by atoms with E-state index in [4.69, 9.17) is 5.73 Å². The topological polar surface area (TPSA) is 55.1 Å². The molecule has 2 unspecified atom stereocenters. The molecule has 18 heavy (non-hydrogen) atoms. The third kappa shape index (κ3) is 4.88. The van der Waals surface area contributed by atoms with E-state index in [1.54, 1.807) is 0 Å². The van der Waals surface area contributed by atoms with E-state index in [9.17, 15) is 4.79 Å². The summed E-state index contributed by atoms with van der Waals surface area (Å²) in [6.45, 7) is 4.68. The Balaban J connectivity index is 2.61. The highest BCUT2D eigenvalue weighted by molar-refractivity contribution is 5.76. The van der Waals surface area contributed by atoms with Crippen LogP contribution in [0.2, 0.25) is 0 Å². The molecule has 3 N–H and O–H groups in total. The van der Waals surface area contributed by atoms with Gasteiger partial charge in [0.15, 0.2) is 0 Å². The maximum atomic E-state index is 11.9. The number of carbonyl (C=O) groups excluding carboxylic acids is 1. The van der Waals surface area contributed by atoms with E-state index in [0.717, 1.165) is 12.8 Å². The second kappa shape index (κ2) is 7.88. The molecule has 2 atom stereocenters. The SMILES string of the molecule is CCCC(NC(=O)CC(C)CN)c1ccccc1. The van der Waals surface area contributed by atoms with Crippen LogP contribution in [0, 0.1) is 5.92 Å². The van der Waals surface area contributed by atoms with E-state index < -0.39 is 0 Å². The minimum atomic E-state index is 0.0928. The fraction of sp³-hybridized carbons (Fsp3) is 0.533. The summed E-state index contributed by atoms with van der Waals surface area (Å²) in [5.74, 6) is 0.332. The molecule has 0 aromatic heterocycles. The second-order valence-electron chi connectivity index (χ2n) is 4.86. The molecule has 0 aliphatic carbocycles. The Labute approximate surface area is 110 Å². The minimum absolute atomic E-state index is 0.0928. The highest BCUT2D eigenvalue weighted by atomic mass is 16.1. The first-order valence-electron chi connectivity index (χ1n) is 6.71. The van der Waals surface area contributed by atoms with Crippen LogP contribution < -0.4 is 11.1 Å². The zero-order valence-corrected chi connectivity index (χ0v) is 11.4. The summed E-state index contributed by atoms with van der Waals surface area (Å²) in [6, 6.07) is 10.2. The molecule has 100 valence electrons. The maximum Gasteiger partial charge on any atom is 0.220 e. The Bertz CT molecular complexity index is 351. The van der Waals surface area contributed by atoms with E-state index in [0.29, 0.717) is 13.0 Å². The lowest BCUT2D eigenvalue weighted by atomic mass is 10.0. The van der Waals surface area contributed by atoms with Crippen molar-refractivity contribution in [3.63, 3.8) is 0 Å². The lowest BCUT2D eigenvalue weighted by Crippen LogP contribution is -2.30. The van der Waals surface area contributed by atoms with Gasteiger partial charge in [0.2, 0.25) is 5.91 Å². The molecule has 0 saturated carbocycles. The van der Waals surface area contributed by atoms with Crippen LogP contribution in [0.4, 0.5) is 0 Å². The van der Waals surface area contributed by atoms with Gasteiger partial charge >= 0.3 is 0 Å². The number of rotatable bonds is 7. The Morgan fingerprint density at radius 2 is 2.00 bits per heavy atom. The molecule has 0 radical (unpaired) electrons. The van der Waals surface area contributed by atoms with Crippen molar-refractivity contribution in [2.24, 2.45) is 11.7 Å². The standard InChI is InChI=1S/C15H24N2O/c1-3-7-14(13-8-5-4-6-9-13)17-15(18)10-12(2)11-16/h4-6,8-9,12,14H,3,7,10-11,16H2,1-2H3,(H,17,18). The van der Waals surface area contributed by atoms with Gasteiger partial charge in [-0.05, 0) is 24.4 Å².